The fourth-order valence-corrected chi connectivity index (χ4v) is 5.67. The lowest BCUT2D eigenvalue weighted by atomic mass is 9.97. The third-order valence-corrected chi connectivity index (χ3v) is 8.05. The number of fused-ring (bicyclic) bond motifs is 4. The molecule has 3 heterocycles. The average Bonchev–Trinajstić information content (AvgIpc) is 3.38. The van der Waals surface area contributed by atoms with Gasteiger partial charge < -0.3 is 24.7 Å². The number of amides is 3. The number of cyclic esters (lactones) is 1. The van der Waals surface area contributed by atoms with Crippen LogP contribution in [0, 0.1) is 12.7 Å². The van der Waals surface area contributed by atoms with E-state index in [9.17, 15) is 31.9 Å². The predicted octanol–water partition coefficient (Wildman–Crippen LogP) is 7.72. The van der Waals surface area contributed by atoms with E-state index in [1.165, 1.54) is 12.0 Å². The topological polar surface area (TPSA) is 126 Å². The van der Waals surface area contributed by atoms with Crippen molar-refractivity contribution in [2.45, 2.75) is 50.8 Å². The van der Waals surface area contributed by atoms with Crippen LogP contribution in [0.4, 0.5) is 38.5 Å². The third-order valence-electron chi connectivity index (χ3n) is 7.76. The number of allylic oxidation sites excluding steroid dienone is 2. The van der Waals surface area contributed by atoms with E-state index in [0.717, 1.165) is 6.07 Å². The zero-order valence-corrected chi connectivity index (χ0v) is 25.5. The van der Waals surface area contributed by atoms with Gasteiger partial charge in [0, 0.05) is 54.4 Å². The minimum absolute atomic E-state index is 0.00323. The van der Waals surface area contributed by atoms with Crippen LogP contribution < -0.4 is 10.6 Å². The highest BCUT2D eigenvalue weighted by Gasteiger charge is 2.41. The number of H-pyrrole nitrogens is 1. The molecule has 0 aliphatic carbocycles. The predicted molar refractivity (Wildman–Crippen MR) is 161 cm³/mol. The molecule has 2 aliphatic rings. The minimum Gasteiger partial charge on any atom is -0.453 e. The van der Waals surface area contributed by atoms with Crippen LogP contribution >= 0.6 is 11.6 Å². The number of aromatic amines is 1. The number of anilines is 2. The van der Waals surface area contributed by atoms with Crippen LogP contribution in [0.2, 0.25) is 5.02 Å². The van der Waals surface area contributed by atoms with E-state index >= 15 is 0 Å². The molecule has 244 valence electrons. The Kier molecular flexibility index (Phi) is 9.56. The number of imidazole rings is 1. The SMILES string of the molecule is COC(=O)Nc1ccc2c(c1)NC(=O)CC/C=C/C[C@H](CN1CCC(c3c(C(F)(F)F)ccc(Cl)c3F)OC1=O)c1nc-2c(C)[nH]1. The fraction of sp³-hybridized carbons (Fsp3) is 0.355. The monoisotopic (exact) mass is 663 g/mol. The number of nitrogens with one attached hydrogen (secondary N) is 3. The summed E-state index contributed by atoms with van der Waals surface area (Å²) in [7, 11) is 1.23. The number of carbonyl (C=O) groups excluding carboxylic acids is 3. The van der Waals surface area contributed by atoms with Crippen LogP contribution in [0.5, 0.6) is 0 Å². The number of alkyl halides is 3. The van der Waals surface area contributed by atoms with Gasteiger partial charge in [-0.1, -0.05) is 23.8 Å². The van der Waals surface area contributed by atoms with Crippen LogP contribution in [-0.2, 0) is 20.4 Å². The molecule has 15 heteroatoms. The van der Waals surface area contributed by atoms with Gasteiger partial charge in [-0.2, -0.15) is 13.2 Å². The van der Waals surface area contributed by atoms with Gasteiger partial charge in [-0.25, -0.2) is 19.0 Å². The van der Waals surface area contributed by atoms with Gasteiger partial charge in [0.2, 0.25) is 5.91 Å². The lowest BCUT2D eigenvalue weighted by Gasteiger charge is -2.34. The largest absolute Gasteiger partial charge is 0.453 e. The molecule has 0 radical (unpaired) electrons. The van der Waals surface area contributed by atoms with Gasteiger partial charge in [-0.05, 0) is 50.1 Å². The first-order valence-corrected chi connectivity index (χ1v) is 14.7. The maximum atomic E-state index is 14.9. The van der Waals surface area contributed by atoms with Crippen molar-refractivity contribution < 1.29 is 41.4 Å². The average molecular weight is 664 g/mol. The summed E-state index contributed by atoms with van der Waals surface area (Å²) in [6, 6.07) is 6.43. The van der Waals surface area contributed by atoms with E-state index in [4.69, 9.17) is 21.3 Å². The second-order valence-electron chi connectivity index (χ2n) is 10.9. The number of halogens is 5. The Morgan fingerprint density at radius 2 is 2.00 bits per heavy atom. The number of aryl methyl sites for hydroxylation is 1. The van der Waals surface area contributed by atoms with Crippen LogP contribution in [0.1, 0.15) is 60.4 Å². The van der Waals surface area contributed by atoms with Crippen molar-refractivity contribution in [3.8, 4) is 11.3 Å². The van der Waals surface area contributed by atoms with Gasteiger partial charge in [0.1, 0.15) is 17.7 Å². The van der Waals surface area contributed by atoms with Crippen LogP contribution in [0.25, 0.3) is 11.3 Å². The van der Waals surface area contributed by atoms with E-state index < -0.39 is 52.4 Å². The summed E-state index contributed by atoms with van der Waals surface area (Å²) >= 11 is 5.79. The van der Waals surface area contributed by atoms with E-state index in [1.54, 1.807) is 25.1 Å². The van der Waals surface area contributed by atoms with E-state index in [0.29, 0.717) is 53.1 Å². The Bertz CT molecular complexity index is 1690. The molecule has 1 aromatic heterocycles. The summed E-state index contributed by atoms with van der Waals surface area (Å²) in [6.45, 7) is 1.89. The third kappa shape index (κ3) is 7.11. The summed E-state index contributed by atoms with van der Waals surface area (Å²) < 4.78 is 66.0. The first kappa shape index (κ1) is 32.8. The zero-order valence-electron chi connectivity index (χ0n) is 24.8. The van der Waals surface area contributed by atoms with Crippen molar-refractivity contribution in [2.75, 3.05) is 30.8 Å². The number of hydrogen-bond donors (Lipinski definition) is 3. The van der Waals surface area contributed by atoms with E-state index in [-0.39, 0.29) is 31.8 Å². The molecule has 5 rings (SSSR count). The lowest BCUT2D eigenvalue weighted by molar-refractivity contribution is -0.139. The smallest absolute Gasteiger partial charge is 0.416 e. The van der Waals surface area contributed by atoms with Crippen LogP contribution in [0.3, 0.4) is 0 Å². The summed E-state index contributed by atoms with van der Waals surface area (Å²) in [4.78, 5) is 47.1. The van der Waals surface area contributed by atoms with Gasteiger partial charge in [0.25, 0.3) is 0 Å². The van der Waals surface area contributed by atoms with E-state index in [1.807, 2.05) is 12.2 Å². The number of methoxy groups -OCH3 is 1. The van der Waals surface area contributed by atoms with Crippen LogP contribution in [0.15, 0.2) is 42.5 Å². The molecular weight excluding hydrogens is 634 g/mol. The second-order valence-corrected chi connectivity index (χ2v) is 11.3. The minimum atomic E-state index is -4.88. The van der Waals surface area contributed by atoms with Crippen molar-refractivity contribution >= 4 is 41.1 Å². The molecular formula is C31H30ClF4N5O5. The number of carbonyl (C=O) groups is 3. The molecule has 2 bridgehead atoms. The van der Waals surface area contributed by atoms with E-state index in [2.05, 4.69) is 20.4 Å². The number of nitrogens with zero attached hydrogens (tertiary/aromatic N) is 2. The van der Waals surface area contributed by atoms with Gasteiger partial charge in [0.05, 0.1) is 29.1 Å². The number of benzene rings is 2. The Labute approximate surface area is 266 Å². The van der Waals surface area contributed by atoms with Gasteiger partial charge in [-0.15, -0.1) is 0 Å². The molecule has 1 unspecified atom stereocenters. The normalized spacial score (nSPS) is 19.5. The van der Waals surface area contributed by atoms with Gasteiger partial charge in [0.15, 0.2) is 0 Å². The quantitative estimate of drug-likeness (QED) is 0.194. The summed E-state index contributed by atoms with van der Waals surface area (Å²) in [5, 5.41) is 4.95. The molecule has 2 atom stereocenters. The zero-order chi connectivity index (χ0) is 33.2. The summed E-state index contributed by atoms with van der Waals surface area (Å²) in [5.74, 6) is -1.39. The first-order chi connectivity index (χ1) is 21.8. The molecule has 0 saturated carbocycles. The number of hydrogen-bond acceptors (Lipinski definition) is 6. The molecule has 2 aliphatic heterocycles. The highest BCUT2D eigenvalue weighted by atomic mass is 35.5. The van der Waals surface area contributed by atoms with Crippen molar-refractivity contribution in [2.24, 2.45) is 0 Å². The Morgan fingerprint density at radius 1 is 1.22 bits per heavy atom. The number of rotatable bonds is 4. The molecule has 3 aromatic rings. The molecule has 46 heavy (non-hydrogen) atoms. The highest BCUT2D eigenvalue weighted by molar-refractivity contribution is 6.30. The lowest BCUT2D eigenvalue weighted by Crippen LogP contribution is -2.42. The molecule has 2 aromatic carbocycles. The fourth-order valence-electron chi connectivity index (χ4n) is 5.50. The second kappa shape index (κ2) is 13.4. The molecule has 0 spiro atoms. The first-order valence-electron chi connectivity index (χ1n) is 14.4. The standard InChI is InChI=1S/C31H30ClF4N5O5/c1-16-27-19-9-8-18(38-29(43)45-2)14-22(19)39-24(42)7-5-3-4-6-17(28(37-16)40-27)15-41-13-12-23(46-30(41)44)25-20(31(34,35)36)10-11-21(32)26(25)33/h3-4,8-11,14,17,23H,5-7,12-13,15H2,1-2H3,(H,37,40)(H,38,43)(H,39,42)/b4-3+/t17-,23?/m1/s1. The van der Waals surface area contributed by atoms with Crippen molar-refractivity contribution in [3.05, 3.63) is 76.0 Å². The molecule has 3 N–H and O–H groups in total. The van der Waals surface area contributed by atoms with Crippen molar-refractivity contribution in [1.29, 1.82) is 0 Å². The van der Waals surface area contributed by atoms with Crippen molar-refractivity contribution in [1.82, 2.24) is 14.9 Å². The maximum absolute atomic E-state index is 14.9. The summed E-state index contributed by atoms with van der Waals surface area (Å²) in [5.41, 5.74) is 0.541. The molecule has 3 amide bonds. The Hall–Kier alpha value is -4.59. The molecule has 10 nitrogen and oxygen atoms in total. The molecule has 1 saturated heterocycles. The van der Waals surface area contributed by atoms with Gasteiger partial charge in [-0.3, -0.25) is 10.1 Å². The van der Waals surface area contributed by atoms with Crippen molar-refractivity contribution in [3.63, 3.8) is 0 Å². The Balaban J connectivity index is 1.42. The van der Waals surface area contributed by atoms with Gasteiger partial charge >= 0.3 is 18.4 Å². The highest BCUT2D eigenvalue weighted by Crippen LogP contribution is 2.42. The number of aromatic nitrogens is 2. The molecule has 1 fully saturated rings. The maximum Gasteiger partial charge on any atom is 0.416 e. The summed E-state index contributed by atoms with van der Waals surface area (Å²) in [6.07, 6.45) is -3.30. The van der Waals surface area contributed by atoms with Crippen LogP contribution in [-0.4, -0.2) is 53.2 Å². The Morgan fingerprint density at radius 3 is 2.72 bits per heavy atom. The number of ether oxygens (including phenoxy) is 2.